The lowest BCUT2D eigenvalue weighted by Crippen LogP contribution is -2.33. The maximum absolute atomic E-state index is 12.1. The van der Waals surface area contributed by atoms with Crippen LogP contribution >= 0.6 is 0 Å². The van der Waals surface area contributed by atoms with E-state index in [-0.39, 0.29) is 24.8 Å². The highest BCUT2D eigenvalue weighted by molar-refractivity contribution is 5.94. The number of carbonyl (C=O) groups excluding carboxylic acids is 2. The summed E-state index contributed by atoms with van der Waals surface area (Å²) in [4.78, 5) is 26.6. The van der Waals surface area contributed by atoms with E-state index in [1.165, 1.54) is 18.5 Å². The fraction of sp³-hybridized carbons (Fsp3) is 0.364. The van der Waals surface area contributed by atoms with Crippen molar-refractivity contribution >= 4 is 23.2 Å². The van der Waals surface area contributed by atoms with Crippen molar-refractivity contribution in [3.8, 4) is 11.5 Å². The molecule has 0 bridgehead atoms. The molecule has 7 heteroatoms. The summed E-state index contributed by atoms with van der Waals surface area (Å²) in [5, 5.41) is 5.45. The van der Waals surface area contributed by atoms with Gasteiger partial charge in [-0.25, -0.2) is 0 Å². The molecule has 2 N–H and O–H groups in total. The number of nitrogens with zero attached hydrogens (tertiary/aromatic N) is 1. The molecular formula is C22H27N3O4. The van der Waals surface area contributed by atoms with Crippen LogP contribution in [0.5, 0.6) is 11.5 Å². The van der Waals surface area contributed by atoms with Crippen molar-refractivity contribution in [2.24, 2.45) is 0 Å². The van der Waals surface area contributed by atoms with Gasteiger partial charge in [0.2, 0.25) is 11.8 Å². The Morgan fingerprint density at radius 1 is 0.931 bits per heavy atom. The zero-order chi connectivity index (χ0) is 20.6. The first-order valence-corrected chi connectivity index (χ1v) is 9.71. The van der Waals surface area contributed by atoms with Crippen LogP contribution in [-0.4, -0.2) is 45.7 Å². The minimum Gasteiger partial charge on any atom is -0.493 e. The number of hydrogen-bond acceptors (Lipinski definition) is 5. The van der Waals surface area contributed by atoms with Gasteiger partial charge >= 0.3 is 0 Å². The third kappa shape index (κ3) is 5.63. The lowest BCUT2D eigenvalue weighted by molar-refractivity contribution is -0.123. The lowest BCUT2D eigenvalue weighted by Gasteiger charge is -2.17. The average molecular weight is 397 g/mol. The van der Waals surface area contributed by atoms with Gasteiger partial charge in [-0.05, 0) is 54.8 Å². The molecule has 2 aromatic carbocycles. The van der Waals surface area contributed by atoms with Crippen LogP contribution < -0.4 is 25.0 Å². The van der Waals surface area contributed by atoms with Crippen LogP contribution in [0.4, 0.5) is 11.4 Å². The zero-order valence-corrected chi connectivity index (χ0v) is 16.9. The van der Waals surface area contributed by atoms with Crippen molar-refractivity contribution in [3.05, 3.63) is 48.0 Å². The molecule has 0 aromatic heterocycles. The molecule has 2 aromatic rings. The Balaban J connectivity index is 1.45. The molecule has 3 rings (SSSR count). The normalized spacial score (nSPS) is 13.1. The van der Waals surface area contributed by atoms with Crippen LogP contribution in [0.1, 0.15) is 18.4 Å². The first-order chi connectivity index (χ1) is 14.1. The van der Waals surface area contributed by atoms with E-state index in [0.717, 1.165) is 18.7 Å². The highest BCUT2D eigenvalue weighted by Crippen LogP contribution is 2.27. The van der Waals surface area contributed by atoms with Gasteiger partial charge in [-0.1, -0.05) is 6.07 Å². The summed E-state index contributed by atoms with van der Waals surface area (Å²) in [6.07, 6.45) is 2.60. The van der Waals surface area contributed by atoms with E-state index in [1.54, 1.807) is 32.4 Å². The van der Waals surface area contributed by atoms with E-state index in [1.807, 2.05) is 24.3 Å². The summed E-state index contributed by atoms with van der Waals surface area (Å²) in [7, 11) is 3.10. The van der Waals surface area contributed by atoms with Crippen LogP contribution in [0.15, 0.2) is 42.5 Å². The Morgan fingerprint density at radius 3 is 2.28 bits per heavy atom. The number of amides is 2. The third-order valence-electron chi connectivity index (χ3n) is 4.88. The van der Waals surface area contributed by atoms with Gasteiger partial charge in [-0.2, -0.15) is 0 Å². The second-order valence-electron chi connectivity index (χ2n) is 6.93. The second kappa shape index (κ2) is 9.82. The van der Waals surface area contributed by atoms with Crippen LogP contribution in [-0.2, 0) is 16.0 Å². The van der Waals surface area contributed by atoms with Crippen molar-refractivity contribution < 1.29 is 19.1 Å². The Morgan fingerprint density at radius 2 is 1.62 bits per heavy atom. The molecule has 1 saturated heterocycles. The van der Waals surface area contributed by atoms with Gasteiger partial charge in [0.25, 0.3) is 0 Å². The second-order valence-corrected chi connectivity index (χ2v) is 6.93. The van der Waals surface area contributed by atoms with Gasteiger partial charge in [0.1, 0.15) is 0 Å². The molecule has 0 radical (unpaired) electrons. The van der Waals surface area contributed by atoms with Crippen molar-refractivity contribution in [1.82, 2.24) is 5.32 Å². The SMILES string of the molecule is COc1ccc(CC(=O)NCC(=O)Nc2ccc(N3CCCC3)cc2)cc1OC. The van der Waals surface area contributed by atoms with Crippen molar-refractivity contribution in [2.75, 3.05) is 44.1 Å². The van der Waals surface area contributed by atoms with Crippen molar-refractivity contribution in [3.63, 3.8) is 0 Å². The minimum absolute atomic E-state index is 0.0833. The fourth-order valence-electron chi connectivity index (χ4n) is 3.35. The van der Waals surface area contributed by atoms with Crippen molar-refractivity contribution in [2.45, 2.75) is 19.3 Å². The molecule has 2 amide bonds. The maximum Gasteiger partial charge on any atom is 0.243 e. The first kappa shape index (κ1) is 20.5. The number of benzene rings is 2. The maximum atomic E-state index is 12.1. The number of methoxy groups -OCH3 is 2. The van der Waals surface area contributed by atoms with E-state index < -0.39 is 0 Å². The molecule has 0 aliphatic carbocycles. The van der Waals surface area contributed by atoms with Gasteiger partial charge in [0, 0.05) is 24.5 Å². The smallest absolute Gasteiger partial charge is 0.243 e. The minimum atomic E-state index is -0.264. The number of rotatable bonds is 8. The Kier molecular flexibility index (Phi) is 6.94. The Bertz CT molecular complexity index is 846. The summed E-state index contributed by atoms with van der Waals surface area (Å²) in [5.41, 5.74) is 2.66. The number of ether oxygens (including phenoxy) is 2. The molecule has 0 unspecified atom stereocenters. The van der Waals surface area contributed by atoms with Crippen LogP contribution in [0.25, 0.3) is 0 Å². The number of nitrogens with one attached hydrogen (secondary N) is 2. The van der Waals surface area contributed by atoms with Crippen LogP contribution in [0.2, 0.25) is 0 Å². The van der Waals surface area contributed by atoms with E-state index >= 15 is 0 Å². The van der Waals surface area contributed by atoms with Crippen LogP contribution in [0, 0.1) is 0 Å². The van der Waals surface area contributed by atoms with E-state index in [0.29, 0.717) is 17.2 Å². The summed E-state index contributed by atoms with van der Waals surface area (Å²) in [5.74, 6) is 0.663. The third-order valence-corrected chi connectivity index (χ3v) is 4.88. The van der Waals surface area contributed by atoms with Crippen molar-refractivity contribution in [1.29, 1.82) is 0 Å². The summed E-state index contributed by atoms with van der Waals surface area (Å²) >= 11 is 0. The monoisotopic (exact) mass is 397 g/mol. The van der Waals surface area contributed by atoms with E-state index in [2.05, 4.69) is 15.5 Å². The molecule has 0 atom stereocenters. The van der Waals surface area contributed by atoms with Gasteiger partial charge < -0.3 is 25.0 Å². The topological polar surface area (TPSA) is 79.9 Å². The first-order valence-electron chi connectivity index (χ1n) is 9.71. The highest BCUT2D eigenvalue weighted by Gasteiger charge is 2.13. The molecule has 1 heterocycles. The summed E-state index contributed by atoms with van der Waals surface area (Å²) in [6, 6.07) is 13.1. The van der Waals surface area contributed by atoms with Gasteiger partial charge in [0.05, 0.1) is 27.2 Å². The van der Waals surface area contributed by atoms with Crippen LogP contribution in [0.3, 0.4) is 0 Å². The van der Waals surface area contributed by atoms with Gasteiger partial charge in [-0.3, -0.25) is 9.59 Å². The molecule has 7 nitrogen and oxygen atoms in total. The number of anilines is 2. The quantitative estimate of drug-likeness (QED) is 0.716. The Hall–Kier alpha value is -3.22. The van der Waals surface area contributed by atoms with Gasteiger partial charge in [-0.15, -0.1) is 0 Å². The van der Waals surface area contributed by atoms with E-state index in [9.17, 15) is 9.59 Å². The molecule has 1 aliphatic rings. The number of carbonyl (C=O) groups is 2. The fourth-order valence-corrected chi connectivity index (χ4v) is 3.35. The van der Waals surface area contributed by atoms with E-state index in [4.69, 9.17) is 9.47 Å². The summed E-state index contributed by atoms with van der Waals surface area (Å²) in [6.45, 7) is 2.08. The lowest BCUT2D eigenvalue weighted by atomic mass is 10.1. The molecule has 0 saturated carbocycles. The Labute approximate surface area is 171 Å². The predicted molar refractivity (Wildman–Crippen MR) is 113 cm³/mol. The number of hydrogen-bond donors (Lipinski definition) is 2. The largest absolute Gasteiger partial charge is 0.493 e. The molecular weight excluding hydrogens is 370 g/mol. The predicted octanol–water partition coefficient (Wildman–Crippen LogP) is 2.60. The summed E-state index contributed by atoms with van der Waals surface area (Å²) < 4.78 is 10.4. The molecule has 0 spiro atoms. The molecule has 1 fully saturated rings. The average Bonchev–Trinajstić information content (AvgIpc) is 3.27. The van der Waals surface area contributed by atoms with Gasteiger partial charge in [0.15, 0.2) is 11.5 Å². The standard InChI is InChI=1S/C22H27N3O4/c1-28-19-10-5-16(13-20(19)29-2)14-21(26)23-15-22(27)24-17-6-8-18(9-7-17)25-11-3-4-12-25/h5-10,13H,3-4,11-12,14-15H2,1-2H3,(H,23,26)(H,24,27). The zero-order valence-electron chi connectivity index (χ0n) is 16.9. The highest BCUT2D eigenvalue weighted by atomic mass is 16.5. The molecule has 1 aliphatic heterocycles. The molecule has 154 valence electrons. The molecule has 29 heavy (non-hydrogen) atoms.